The van der Waals surface area contributed by atoms with Gasteiger partial charge in [-0.3, -0.25) is 4.90 Å². The first kappa shape index (κ1) is 14.7. The zero-order valence-electron chi connectivity index (χ0n) is 10.7. The highest BCUT2D eigenvalue weighted by atomic mass is 79.9. The van der Waals surface area contributed by atoms with Crippen LogP contribution in [-0.4, -0.2) is 23.3 Å². The van der Waals surface area contributed by atoms with E-state index in [2.05, 4.69) is 27.8 Å². The molecule has 3 heteroatoms. The van der Waals surface area contributed by atoms with Crippen LogP contribution in [0.5, 0.6) is 0 Å². The van der Waals surface area contributed by atoms with Gasteiger partial charge in [-0.05, 0) is 43.1 Å². The first-order chi connectivity index (χ1) is 8.17. The molecular weight excluding hydrogens is 281 g/mol. The molecule has 1 aromatic rings. The second-order valence-electron chi connectivity index (χ2n) is 4.39. The van der Waals surface area contributed by atoms with Gasteiger partial charge >= 0.3 is 0 Å². The van der Waals surface area contributed by atoms with Gasteiger partial charge in [-0.25, -0.2) is 4.39 Å². The molecule has 17 heavy (non-hydrogen) atoms. The number of nitrogens with zero attached hydrogens (tertiary/aromatic N) is 1. The van der Waals surface area contributed by atoms with Crippen molar-refractivity contribution in [3.05, 3.63) is 35.1 Å². The lowest BCUT2D eigenvalue weighted by Crippen LogP contribution is -2.26. The van der Waals surface area contributed by atoms with Crippen LogP contribution in [-0.2, 0) is 6.54 Å². The predicted molar refractivity (Wildman–Crippen MR) is 75.1 cm³/mol. The van der Waals surface area contributed by atoms with Gasteiger partial charge in [-0.2, -0.15) is 0 Å². The average molecular weight is 302 g/mol. The molecule has 0 N–H and O–H groups in total. The number of benzene rings is 1. The topological polar surface area (TPSA) is 3.24 Å². The molecule has 0 fully saturated rings. The number of halogens is 2. The van der Waals surface area contributed by atoms with E-state index in [1.165, 1.54) is 18.4 Å². The van der Waals surface area contributed by atoms with Crippen molar-refractivity contribution in [3.8, 4) is 0 Å². The van der Waals surface area contributed by atoms with Crippen molar-refractivity contribution in [1.82, 2.24) is 4.90 Å². The summed E-state index contributed by atoms with van der Waals surface area (Å²) in [6.45, 7) is 7.24. The molecule has 0 bridgehead atoms. The van der Waals surface area contributed by atoms with Crippen LogP contribution in [0.25, 0.3) is 0 Å². The van der Waals surface area contributed by atoms with Gasteiger partial charge in [0, 0.05) is 18.4 Å². The van der Waals surface area contributed by atoms with Crippen LogP contribution in [0.3, 0.4) is 0 Å². The van der Waals surface area contributed by atoms with Crippen molar-refractivity contribution in [2.24, 2.45) is 0 Å². The molecule has 0 aliphatic carbocycles. The zero-order chi connectivity index (χ0) is 12.7. The maximum Gasteiger partial charge on any atom is 0.123 e. The van der Waals surface area contributed by atoms with E-state index in [0.29, 0.717) is 0 Å². The van der Waals surface area contributed by atoms with Crippen molar-refractivity contribution in [2.75, 3.05) is 18.4 Å². The van der Waals surface area contributed by atoms with Crippen molar-refractivity contribution in [2.45, 2.75) is 33.2 Å². The molecule has 0 aromatic heterocycles. The minimum Gasteiger partial charge on any atom is -0.298 e. The third kappa shape index (κ3) is 5.17. The van der Waals surface area contributed by atoms with Crippen LogP contribution in [0.15, 0.2) is 18.2 Å². The fourth-order valence-corrected chi connectivity index (χ4v) is 2.35. The van der Waals surface area contributed by atoms with Gasteiger partial charge in [-0.15, -0.1) is 0 Å². The van der Waals surface area contributed by atoms with Crippen molar-refractivity contribution in [3.63, 3.8) is 0 Å². The molecule has 0 atom stereocenters. The van der Waals surface area contributed by atoms with E-state index < -0.39 is 0 Å². The number of unbranched alkanes of at least 4 members (excludes halogenated alkanes) is 1. The first-order valence-electron chi connectivity index (χ1n) is 6.20. The summed E-state index contributed by atoms with van der Waals surface area (Å²) < 4.78 is 13.0. The Morgan fingerprint density at radius 3 is 2.65 bits per heavy atom. The minimum absolute atomic E-state index is 0.146. The molecule has 1 aromatic carbocycles. The Hall–Kier alpha value is -0.410. The van der Waals surface area contributed by atoms with E-state index in [1.54, 1.807) is 12.1 Å². The Labute approximate surface area is 112 Å². The lowest BCUT2D eigenvalue weighted by atomic mass is 10.1. The van der Waals surface area contributed by atoms with Crippen LogP contribution in [0.4, 0.5) is 4.39 Å². The Kier molecular flexibility index (Phi) is 6.75. The number of hydrogen-bond acceptors (Lipinski definition) is 1. The molecule has 0 heterocycles. The second-order valence-corrected chi connectivity index (χ2v) is 5.18. The van der Waals surface area contributed by atoms with Crippen molar-refractivity contribution in [1.29, 1.82) is 0 Å². The van der Waals surface area contributed by atoms with Gasteiger partial charge in [0.1, 0.15) is 5.82 Å². The molecule has 0 aliphatic heterocycles. The molecule has 0 unspecified atom stereocenters. The zero-order valence-corrected chi connectivity index (χ0v) is 12.3. The quantitative estimate of drug-likeness (QED) is 0.685. The molecule has 0 aliphatic rings. The van der Waals surface area contributed by atoms with E-state index in [4.69, 9.17) is 0 Å². The normalized spacial score (nSPS) is 11.1. The van der Waals surface area contributed by atoms with E-state index in [9.17, 15) is 4.39 Å². The smallest absolute Gasteiger partial charge is 0.123 e. The SMILES string of the molecule is CCCCN(CCBr)Cc1ccc(F)cc1C. The summed E-state index contributed by atoms with van der Waals surface area (Å²) in [5, 5.41) is 0.983. The van der Waals surface area contributed by atoms with Gasteiger partial charge in [-0.1, -0.05) is 35.3 Å². The maximum absolute atomic E-state index is 13.0. The summed E-state index contributed by atoms with van der Waals surface area (Å²) in [5.74, 6) is -0.146. The number of rotatable bonds is 7. The molecule has 96 valence electrons. The van der Waals surface area contributed by atoms with Gasteiger partial charge < -0.3 is 0 Å². The summed E-state index contributed by atoms with van der Waals surface area (Å²) in [5.41, 5.74) is 2.27. The van der Waals surface area contributed by atoms with Gasteiger partial charge in [0.05, 0.1) is 0 Å². The number of hydrogen-bond donors (Lipinski definition) is 0. The maximum atomic E-state index is 13.0. The fourth-order valence-electron chi connectivity index (χ4n) is 1.85. The van der Waals surface area contributed by atoms with Crippen molar-refractivity contribution < 1.29 is 4.39 Å². The highest BCUT2D eigenvalue weighted by molar-refractivity contribution is 9.09. The summed E-state index contributed by atoms with van der Waals surface area (Å²) in [6.07, 6.45) is 2.43. The van der Waals surface area contributed by atoms with Crippen LogP contribution >= 0.6 is 15.9 Å². The molecule has 0 saturated carbocycles. The second kappa shape index (κ2) is 7.83. The van der Waals surface area contributed by atoms with Crippen molar-refractivity contribution >= 4 is 15.9 Å². The summed E-state index contributed by atoms with van der Waals surface area (Å²) >= 11 is 3.48. The lowest BCUT2D eigenvalue weighted by molar-refractivity contribution is 0.278. The van der Waals surface area contributed by atoms with Crippen LogP contribution in [0, 0.1) is 12.7 Å². The lowest BCUT2D eigenvalue weighted by Gasteiger charge is -2.22. The molecule has 0 spiro atoms. The first-order valence-corrected chi connectivity index (χ1v) is 7.33. The molecule has 0 amide bonds. The Morgan fingerprint density at radius 1 is 1.29 bits per heavy atom. The monoisotopic (exact) mass is 301 g/mol. The average Bonchev–Trinajstić information content (AvgIpc) is 2.29. The van der Waals surface area contributed by atoms with Crippen LogP contribution in [0.2, 0.25) is 0 Å². The molecule has 1 nitrogen and oxygen atoms in total. The number of aryl methyl sites for hydroxylation is 1. The number of alkyl halides is 1. The molecule has 0 saturated heterocycles. The standard InChI is InChI=1S/C14H21BrFN/c1-3-4-8-17(9-7-15)11-13-5-6-14(16)10-12(13)2/h5-6,10H,3-4,7-9,11H2,1-2H3. The Bertz CT molecular complexity index is 341. The van der Waals surface area contributed by atoms with Gasteiger partial charge in [0.25, 0.3) is 0 Å². The molecule has 1 rings (SSSR count). The van der Waals surface area contributed by atoms with E-state index in [-0.39, 0.29) is 5.82 Å². The van der Waals surface area contributed by atoms with Crippen LogP contribution in [0.1, 0.15) is 30.9 Å². The highest BCUT2D eigenvalue weighted by Crippen LogP contribution is 2.13. The van der Waals surface area contributed by atoms with Crippen LogP contribution < -0.4 is 0 Å². The van der Waals surface area contributed by atoms with E-state index in [1.807, 2.05) is 13.0 Å². The Balaban J connectivity index is 2.64. The third-order valence-electron chi connectivity index (χ3n) is 2.93. The van der Waals surface area contributed by atoms with E-state index >= 15 is 0 Å². The third-order valence-corrected chi connectivity index (χ3v) is 3.28. The molecular formula is C14H21BrFN. The van der Waals surface area contributed by atoms with Gasteiger partial charge in [0.2, 0.25) is 0 Å². The minimum atomic E-state index is -0.146. The van der Waals surface area contributed by atoms with Gasteiger partial charge in [0.15, 0.2) is 0 Å². The van der Waals surface area contributed by atoms with E-state index in [0.717, 1.165) is 30.5 Å². The molecule has 0 radical (unpaired) electrons. The highest BCUT2D eigenvalue weighted by Gasteiger charge is 2.07. The summed E-state index contributed by atoms with van der Waals surface area (Å²) in [6, 6.07) is 5.06. The summed E-state index contributed by atoms with van der Waals surface area (Å²) in [7, 11) is 0. The summed E-state index contributed by atoms with van der Waals surface area (Å²) in [4.78, 5) is 2.42. The fraction of sp³-hybridized carbons (Fsp3) is 0.571. The Morgan fingerprint density at radius 2 is 2.06 bits per heavy atom. The predicted octanol–water partition coefficient (Wildman–Crippen LogP) is 4.13. The largest absolute Gasteiger partial charge is 0.298 e.